The van der Waals surface area contributed by atoms with Crippen LogP contribution in [0.25, 0.3) is 0 Å². The van der Waals surface area contributed by atoms with Crippen molar-refractivity contribution in [1.29, 1.82) is 0 Å². The first-order valence-corrected chi connectivity index (χ1v) is 5.59. The van der Waals surface area contributed by atoms with E-state index in [2.05, 4.69) is 5.32 Å². The van der Waals surface area contributed by atoms with Crippen molar-refractivity contribution >= 4 is 6.09 Å². The summed E-state index contributed by atoms with van der Waals surface area (Å²) in [6.45, 7) is 5.27. The highest BCUT2D eigenvalue weighted by Gasteiger charge is 2.48. The number of carbonyl (C=O) groups is 1. The first kappa shape index (κ1) is 13.3. The molecule has 0 unspecified atom stereocenters. The van der Waals surface area contributed by atoms with Crippen LogP contribution in [0.5, 0.6) is 0 Å². The van der Waals surface area contributed by atoms with Gasteiger partial charge in [0.2, 0.25) is 0 Å². The minimum atomic E-state index is -0.848. The molecular formula is C11H21NO4. The molecule has 5 nitrogen and oxygen atoms in total. The van der Waals surface area contributed by atoms with E-state index in [1.807, 2.05) is 0 Å². The number of hydrogen-bond acceptors (Lipinski definition) is 4. The van der Waals surface area contributed by atoms with Crippen LogP contribution in [0, 0.1) is 0 Å². The molecule has 3 N–H and O–H groups in total. The third-order valence-corrected chi connectivity index (χ3v) is 2.52. The van der Waals surface area contributed by atoms with Crippen molar-refractivity contribution in [3.8, 4) is 0 Å². The molecule has 16 heavy (non-hydrogen) atoms. The molecule has 0 radical (unpaired) electrons. The molecule has 1 rings (SSSR count). The summed E-state index contributed by atoms with van der Waals surface area (Å²) in [5.41, 5.74) is -1.40. The zero-order chi connectivity index (χ0) is 12.4. The first-order valence-electron chi connectivity index (χ1n) is 5.59. The van der Waals surface area contributed by atoms with Gasteiger partial charge in [-0.2, -0.15) is 0 Å². The molecule has 0 bridgehead atoms. The van der Waals surface area contributed by atoms with Gasteiger partial charge in [0.1, 0.15) is 5.60 Å². The molecule has 1 saturated carbocycles. The van der Waals surface area contributed by atoms with Crippen LogP contribution in [-0.4, -0.2) is 40.2 Å². The molecule has 0 aromatic rings. The molecule has 1 aliphatic rings. The van der Waals surface area contributed by atoms with E-state index in [-0.39, 0.29) is 6.61 Å². The second-order valence-corrected chi connectivity index (χ2v) is 5.31. The van der Waals surface area contributed by atoms with Crippen LogP contribution in [0.15, 0.2) is 0 Å². The molecule has 0 aromatic heterocycles. The van der Waals surface area contributed by atoms with E-state index < -0.39 is 23.3 Å². The molecular weight excluding hydrogens is 210 g/mol. The summed E-state index contributed by atoms with van der Waals surface area (Å²) < 4.78 is 5.09. The standard InChI is InChI=1S/C11H21NO4/c1-10(2,3)16-9(14)12-8(4-7-13)11(15)5-6-11/h8,13,15H,4-7H2,1-3H3,(H,12,14)/t8-/m0/s1. The number of amides is 1. The molecule has 0 aromatic carbocycles. The van der Waals surface area contributed by atoms with E-state index in [0.717, 1.165) is 0 Å². The lowest BCUT2D eigenvalue weighted by atomic mass is 10.1. The third kappa shape index (κ3) is 3.98. The van der Waals surface area contributed by atoms with E-state index in [0.29, 0.717) is 19.3 Å². The van der Waals surface area contributed by atoms with E-state index in [1.165, 1.54) is 0 Å². The van der Waals surface area contributed by atoms with E-state index in [4.69, 9.17) is 9.84 Å². The van der Waals surface area contributed by atoms with Crippen LogP contribution in [-0.2, 0) is 4.74 Å². The molecule has 1 amide bonds. The van der Waals surface area contributed by atoms with Gasteiger partial charge in [0.15, 0.2) is 0 Å². The number of hydrogen-bond donors (Lipinski definition) is 3. The van der Waals surface area contributed by atoms with Gasteiger partial charge in [0.05, 0.1) is 11.6 Å². The predicted molar refractivity (Wildman–Crippen MR) is 59.0 cm³/mol. The Morgan fingerprint density at radius 2 is 2.06 bits per heavy atom. The van der Waals surface area contributed by atoms with Crippen molar-refractivity contribution < 1.29 is 19.7 Å². The summed E-state index contributed by atoms with van der Waals surface area (Å²) in [6.07, 6.45) is 1.11. The van der Waals surface area contributed by atoms with Crippen molar-refractivity contribution in [2.75, 3.05) is 6.61 Å². The van der Waals surface area contributed by atoms with Gasteiger partial charge in [-0.25, -0.2) is 4.79 Å². The number of aliphatic hydroxyl groups excluding tert-OH is 1. The second-order valence-electron chi connectivity index (χ2n) is 5.31. The Balaban J connectivity index is 2.46. The fraction of sp³-hybridized carbons (Fsp3) is 0.909. The fourth-order valence-corrected chi connectivity index (χ4v) is 1.53. The molecule has 0 aliphatic heterocycles. The Bertz CT molecular complexity index is 255. The summed E-state index contributed by atoms with van der Waals surface area (Å²) in [4.78, 5) is 11.5. The highest BCUT2D eigenvalue weighted by Crippen LogP contribution is 2.39. The number of rotatable bonds is 4. The van der Waals surface area contributed by atoms with E-state index in [1.54, 1.807) is 20.8 Å². The molecule has 0 heterocycles. The quantitative estimate of drug-likeness (QED) is 0.668. The van der Waals surface area contributed by atoms with Gasteiger partial charge in [-0.3, -0.25) is 0 Å². The van der Waals surface area contributed by atoms with Crippen molar-refractivity contribution in [1.82, 2.24) is 5.32 Å². The van der Waals surface area contributed by atoms with Crippen LogP contribution in [0.2, 0.25) is 0 Å². The predicted octanol–water partition coefficient (Wildman–Crippen LogP) is 0.787. The number of nitrogens with one attached hydrogen (secondary N) is 1. The van der Waals surface area contributed by atoms with E-state index >= 15 is 0 Å². The van der Waals surface area contributed by atoms with Crippen LogP contribution < -0.4 is 5.32 Å². The Morgan fingerprint density at radius 1 is 1.50 bits per heavy atom. The third-order valence-electron chi connectivity index (χ3n) is 2.52. The van der Waals surface area contributed by atoms with Gasteiger partial charge < -0.3 is 20.3 Å². The minimum Gasteiger partial charge on any atom is -0.444 e. The van der Waals surface area contributed by atoms with Gasteiger partial charge in [0, 0.05) is 6.61 Å². The highest BCUT2D eigenvalue weighted by molar-refractivity contribution is 5.68. The number of alkyl carbamates (subject to hydrolysis) is 1. The van der Waals surface area contributed by atoms with Gasteiger partial charge in [-0.1, -0.05) is 0 Å². The van der Waals surface area contributed by atoms with Crippen molar-refractivity contribution in [2.24, 2.45) is 0 Å². The van der Waals surface area contributed by atoms with Crippen LogP contribution in [0.4, 0.5) is 4.79 Å². The lowest BCUT2D eigenvalue weighted by Gasteiger charge is -2.26. The average Bonchev–Trinajstić information content (AvgIpc) is 2.81. The molecule has 0 spiro atoms. The normalized spacial score (nSPS) is 20.1. The Kier molecular flexibility index (Phi) is 3.80. The van der Waals surface area contributed by atoms with Gasteiger partial charge in [-0.05, 0) is 40.0 Å². The zero-order valence-electron chi connectivity index (χ0n) is 10.1. The first-order chi connectivity index (χ1) is 7.27. The lowest BCUT2D eigenvalue weighted by Crippen LogP contribution is -2.47. The highest BCUT2D eigenvalue weighted by atomic mass is 16.6. The molecule has 1 atom stereocenters. The molecule has 94 valence electrons. The maximum atomic E-state index is 11.5. The Labute approximate surface area is 95.8 Å². The maximum Gasteiger partial charge on any atom is 0.407 e. The summed E-state index contributed by atoms with van der Waals surface area (Å²) in [6, 6.07) is -0.424. The van der Waals surface area contributed by atoms with Crippen molar-refractivity contribution in [2.45, 2.75) is 57.3 Å². The Hall–Kier alpha value is -0.810. The van der Waals surface area contributed by atoms with E-state index in [9.17, 15) is 9.90 Å². The van der Waals surface area contributed by atoms with Crippen LogP contribution in [0.1, 0.15) is 40.0 Å². The molecule has 0 saturated heterocycles. The topological polar surface area (TPSA) is 78.8 Å². The monoisotopic (exact) mass is 231 g/mol. The summed E-state index contributed by atoms with van der Waals surface area (Å²) in [5.74, 6) is 0. The molecule has 1 fully saturated rings. The summed E-state index contributed by atoms with van der Waals surface area (Å²) in [7, 11) is 0. The number of carbonyl (C=O) groups excluding carboxylic acids is 1. The smallest absolute Gasteiger partial charge is 0.407 e. The van der Waals surface area contributed by atoms with Crippen LogP contribution in [0.3, 0.4) is 0 Å². The SMILES string of the molecule is CC(C)(C)OC(=O)N[C@@H](CCO)C1(O)CC1. The number of ether oxygens (including phenoxy) is 1. The fourth-order valence-electron chi connectivity index (χ4n) is 1.53. The van der Waals surface area contributed by atoms with Gasteiger partial charge in [-0.15, -0.1) is 0 Å². The largest absolute Gasteiger partial charge is 0.444 e. The molecule has 5 heteroatoms. The van der Waals surface area contributed by atoms with Gasteiger partial charge >= 0.3 is 6.09 Å². The maximum absolute atomic E-state index is 11.5. The second kappa shape index (κ2) is 4.59. The van der Waals surface area contributed by atoms with Crippen molar-refractivity contribution in [3.63, 3.8) is 0 Å². The minimum absolute atomic E-state index is 0.0667. The number of aliphatic hydroxyl groups is 2. The Morgan fingerprint density at radius 3 is 2.44 bits per heavy atom. The molecule has 1 aliphatic carbocycles. The van der Waals surface area contributed by atoms with Crippen molar-refractivity contribution in [3.05, 3.63) is 0 Å². The summed E-state index contributed by atoms with van der Waals surface area (Å²) in [5, 5.41) is 21.4. The van der Waals surface area contributed by atoms with Gasteiger partial charge in [0.25, 0.3) is 0 Å². The summed E-state index contributed by atoms with van der Waals surface area (Å²) >= 11 is 0. The lowest BCUT2D eigenvalue weighted by molar-refractivity contribution is 0.0353. The van der Waals surface area contributed by atoms with Crippen LogP contribution >= 0.6 is 0 Å². The zero-order valence-corrected chi connectivity index (χ0v) is 10.1. The average molecular weight is 231 g/mol.